The summed E-state index contributed by atoms with van der Waals surface area (Å²) in [6, 6.07) is 12.7. The molecule has 0 atom stereocenters. The molecule has 0 saturated carbocycles. The topological polar surface area (TPSA) is 36.9 Å². The van der Waals surface area contributed by atoms with Crippen LogP contribution in [0.3, 0.4) is 0 Å². The molecule has 0 amide bonds. The molecule has 4 nitrogen and oxygen atoms in total. The SMILES string of the molecule is CC[Si](CC)(CC)Oc1ccccc1CCC[Si](OC)(OC)OC. The van der Waals surface area contributed by atoms with Crippen LogP contribution in [-0.2, 0) is 19.7 Å². The van der Waals surface area contributed by atoms with Gasteiger partial charge in [0.15, 0.2) is 0 Å². The zero-order valence-electron chi connectivity index (χ0n) is 16.2. The fourth-order valence-electron chi connectivity index (χ4n) is 3.06. The average molecular weight is 371 g/mol. The van der Waals surface area contributed by atoms with E-state index in [2.05, 4.69) is 45.0 Å². The van der Waals surface area contributed by atoms with Crippen LogP contribution in [0.25, 0.3) is 0 Å². The maximum atomic E-state index is 6.60. The Hall–Kier alpha value is -0.666. The number of benzene rings is 1. The smallest absolute Gasteiger partial charge is 0.500 e. The average Bonchev–Trinajstić information content (AvgIpc) is 2.65. The molecule has 0 aliphatic carbocycles. The second-order valence-corrected chi connectivity index (χ2v) is 13.9. The summed E-state index contributed by atoms with van der Waals surface area (Å²) in [7, 11) is 0.860. The van der Waals surface area contributed by atoms with Crippen molar-refractivity contribution in [3.05, 3.63) is 29.8 Å². The van der Waals surface area contributed by atoms with Crippen molar-refractivity contribution in [2.75, 3.05) is 21.3 Å². The summed E-state index contributed by atoms with van der Waals surface area (Å²) >= 11 is 0. The molecule has 0 aliphatic rings. The van der Waals surface area contributed by atoms with E-state index in [-0.39, 0.29) is 0 Å². The predicted molar refractivity (Wildman–Crippen MR) is 104 cm³/mol. The second-order valence-electron chi connectivity index (χ2n) is 6.10. The Morgan fingerprint density at radius 2 is 1.38 bits per heavy atom. The highest BCUT2D eigenvalue weighted by atomic mass is 28.4. The Morgan fingerprint density at radius 1 is 0.833 bits per heavy atom. The van der Waals surface area contributed by atoms with Crippen LogP contribution >= 0.6 is 0 Å². The highest BCUT2D eigenvalue weighted by Gasteiger charge is 2.37. The molecule has 1 aromatic carbocycles. The van der Waals surface area contributed by atoms with Gasteiger partial charge in [-0.2, -0.15) is 0 Å². The van der Waals surface area contributed by atoms with Crippen molar-refractivity contribution in [3.63, 3.8) is 0 Å². The van der Waals surface area contributed by atoms with Crippen molar-refractivity contribution in [1.82, 2.24) is 0 Å². The molecule has 1 aromatic rings. The molecule has 0 unspecified atom stereocenters. The largest absolute Gasteiger partial charge is 0.543 e. The van der Waals surface area contributed by atoms with Crippen LogP contribution in [0, 0.1) is 0 Å². The predicted octanol–water partition coefficient (Wildman–Crippen LogP) is 4.88. The van der Waals surface area contributed by atoms with E-state index in [1.54, 1.807) is 21.3 Å². The van der Waals surface area contributed by atoms with Crippen LogP contribution in [0.2, 0.25) is 24.2 Å². The normalized spacial score (nSPS) is 12.4. The second kappa shape index (κ2) is 10.4. The van der Waals surface area contributed by atoms with Gasteiger partial charge in [0.1, 0.15) is 5.75 Å². The number of aryl methyl sites for hydroxylation is 1. The van der Waals surface area contributed by atoms with Crippen molar-refractivity contribution in [3.8, 4) is 5.75 Å². The molecule has 0 fully saturated rings. The van der Waals surface area contributed by atoms with Gasteiger partial charge in [-0.25, -0.2) is 0 Å². The van der Waals surface area contributed by atoms with Gasteiger partial charge in [0.05, 0.1) is 0 Å². The van der Waals surface area contributed by atoms with Gasteiger partial charge in [0, 0.05) is 27.4 Å². The third-order valence-electron chi connectivity index (χ3n) is 5.09. The molecule has 0 aliphatic heterocycles. The van der Waals surface area contributed by atoms with Crippen molar-refractivity contribution < 1.29 is 17.7 Å². The van der Waals surface area contributed by atoms with Gasteiger partial charge in [-0.1, -0.05) is 39.0 Å². The minimum atomic E-state index is -2.49. The van der Waals surface area contributed by atoms with Crippen LogP contribution in [0.5, 0.6) is 5.75 Å². The molecular weight excluding hydrogens is 336 g/mol. The lowest BCUT2D eigenvalue weighted by Gasteiger charge is -2.30. The summed E-state index contributed by atoms with van der Waals surface area (Å²) in [5.74, 6) is 1.06. The number of rotatable bonds is 12. The molecular formula is C18H34O4Si2. The molecule has 1 rings (SSSR count). The van der Waals surface area contributed by atoms with Crippen LogP contribution in [0.15, 0.2) is 24.3 Å². The van der Waals surface area contributed by atoms with E-state index in [0.29, 0.717) is 0 Å². The third-order valence-corrected chi connectivity index (χ3v) is 12.4. The minimum absolute atomic E-state index is 0.808. The molecule has 138 valence electrons. The maximum absolute atomic E-state index is 6.60. The Labute approximate surface area is 150 Å². The maximum Gasteiger partial charge on any atom is 0.500 e. The van der Waals surface area contributed by atoms with E-state index in [4.69, 9.17) is 17.7 Å². The lowest BCUT2D eigenvalue weighted by Crippen LogP contribution is -2.42. The molecule has 0 bridgehead atoms. The van der Waals surface area contributed by atoms with Gasteiger partial charge in [-0.05, 0) is 42.6 Å². The van der Waals surface area contributed by atoms with Gasteiger partial charge >= 0.3 is 8.80 Å². The first kappa shape index (κ1) is 21.4. The molecule has 0 radical (unpaired) electrons. The molecule has 0 spiro atoms. The van der Waals surface area contributed by atoms with Gasteiger partial charge < -0.3 is 17.7 Å². The number of para-hydroxylation sites is 1. The molecule has 0 heterocycles. The van der Waals surface area contributed by atoms with E-state index >= 15 is 0 Å². The van der Waals surface area contributed by atoms with Crippen LogP contribution in [0.1, 0.15) is 32.8 Å². The zero-order valence-corrected chi connectivity index (χ0v) is 18.2. The molecule has 0 N–H and O–H groups in total. The van der Waals surface area contributed by atoms with Crippen molar-refractivity contribution in [2.45, 2.75) is 57.8 Å². The third kappa shape index (κ3) is 5.42. The summed E-state index contributed by atoms with van der Waals surface area (Å²) in [6.07, 6.45) is 1.91. The van der Waals surface area contributed by atoms with Crippen molar-refractivity contribution in [1.29, 1.82) is 0 Å². The molecule has 0 aromatic heterocycles. The van der Waals surface area contributed by atoms with E-state index in [1.165, 1.54) is 5.56 Å². The highest BCUT2D eigenvalue weighted by Crippen LogP contribution is 2.29. The number of hydrogen-bond acceptors (Lipinski definition) is 4. The first-order valence-corrected chi connectivity index (χ1v) is 13.4. The number of hydrogen-bond donors (Lipinski definition) is 0. The molecule has 24 heavy (non-hydrogen) atoms. The van der Waals surface area contributed by atoms with Gasteiger partial charge in [-0.15, -0.1) is 0 Å². The van der Waals surface area contributed by atoms with Gasteiger partial charge in [0.25, 0.3) is 0 Å². The van der Waals surface area contributed by atoms with E-state index in [9.17, 15) is 0 Å². The molecule has 6 heteroatoms. The zero-order chi connectivity index (χ0) is 18.1. The Bertz CT molecular complexity index is 457. The highest BCUT2D eigenvalue weighted by molar-refractivity contribution is 6.74. The van der Waals surface area contributed by atoms with Gasteiger partial charge in [0.2, 0.25) is 8.32 Å². The summed E-state index contributed by atoms with van der Waals surface area (Å²) in [6.45, 7) is 6.78. The summed E-state index contributed by atoms with van der Waals surface area (Å²) < 4.78 is 23.1. The van der Waals surface area contributed by atoms with Crippen molar-refractivity contribution >= 4 is 17.1 Å². The standard InChI is InChI=1S/C18H34O4Si2/c1-7-23(8-2,9-3)22-18-15-11-10-13-17(18)14-12-16-24(19-4,20-5)21-6/h10-11,13,15H,7-9,12,14,16H2,1-6H3. The first-order valence-electron chi connectivity index (χ1n) is 8.96. The van der Waals surface area contributed by atoms with Crippen LogP contribution in [0.4, 0.5) is 0 Å². The summed E-state index contributed by atoms with van der Waals surface area (Å²) in [4.78, 5) is 0. The fourth-order valence-corrected chi connectivity index (χ4v) is 7.38. The monoisotopic (exact) mass is 370 g/mol. The quantitative estimate of drug-likeness (QED) is 0.491. The van der Waals surface area contributed by atoms with Crippen LogP contribution < -0.4 is 4.43 Å². The van der Waals surface area contributed by atoms with Crippen LogP contribution in [-0.4, -0.2) is 38.5 Å². The lowest BCUT2D eigenvalue weighted by atomic mass is 10.1. The first-order chi connectivity index (χ1) is 11.5. The Morgan fingerprint density at radius 3 is 1.88 bits per heavy atom. The molecule has 0 saturated heterocycles. The Kier molecular flexibility index (Phi) is 9.22. The summed E-state index contributed by atoms with van der Waals surface area (Å²) in [5, 5.41) is 0. The Balaban J connectivity index is 2.80. The summed E-state index contributed by atoms with van der Waals surface area (Å²) in [5.41, 5.74) is 1.27. The van der Waals surface area contributed by atoms with Crippen molar-refractivity contribution in [2.24, 2.45) is 0 Å². The minimum Gasteiger partial charge on any atom is -0.543 e. The van der Waals surface area contributed by atoms with E-state index in [0.717, 1.165) is 42.8 Å². The fraction of sp³-hybridized carbons (Fsp3) is 0.667. The lowest BCUT2D eigenvalue weighted by molar-refractivity contribution is 0.123. The van der Waals surface area contributed by atoms with E-state index < -0.39 is 17.1 Å². The van der Waals surface area contributed by atoms with E-state index in [1.807, 2.05) is 0 Å². The van der Waals surface area contributed by atoms with Gasteiger partial charge in [-0.3, -0.25) is 0 Å².